The topological polar surface area (TPSA) is 65.5 Å². The van der Waals surface area contributed by atoms with Gasteiger partial charge in [0, 0.05) is 37.9 Å². The van der Waals surface area contributed by atoms with Gasteiger partial charge in [0.15, 0.2) is 0 Å². The van der Waals surface area contributed by atoms with Gasteiger partial charge in [0.05, 0.1) is 0 Å². The normalized spacial score (nSPS) is 30.4. The number of imide groups is 1. The summed E-state index contributed by atoms with van der Waals surface area (Å²) in [4.78, 5) is 32.0. The molecule has 1 aromatic rings. The number of hydrogen-bond donors (Lipinski definition) is 1. The van der Waals surface area contributed by atoms with Gasteiger partial charge in [0.2, 0.25) is 0 Å². The Bertz CT molecular complexity index is 606. The van der Waals surface area contributed by atoms with Crippen molar-refractivity contribution in [1.82, 2.24) is 20.1 Å². The molecular weight excluding hydrogens is 292 g/mol. The molecule has 3 rings (SSSR count). The fourth-order valence-corrected chi connectivity index (χ4v) is 3.76. The molecule has 6 nitrogen and oxygen atoms in total. The van der Waals surface area contributed by atoms with E-state index in [4.69, 9.17) is 0 Å². The Morgan fingerprint density at radius 3 is 2.65 bits per heavy atom. The van der Waals surface area contributed by atoms with Gasteiger partial charge in [-0.15, -0.1) is 0 Å². The Labute approximate surface area is 136 Å². The van der Waals surface area contributed by atoms with Gasteiger partial charge in [-0.3, -0.25) is 19.6 Å². The van der Waals surface area contributed by atoms with E-state index < -0.39 is 5.54 Å². The zero-order valence-electron chi connectivity index (χ0n) is 14.0. The Kier molecular flexibility index (Phi) is 4.10. The van der Waals surface area contributed by atoms with Crippen molar-refractivity contribution in [2.75, 3.05) is 20.1 Å². The molecule has 0 spiro atoms. The van der Waals surface area contributed by atoms with Gasteiger partial charge >= 0.3 is 6.03 Å². The minimum absolute atomic E-state index is 0.120. The Morgan fingerprint density at radius 1 is 1.35 bits per heavy atom. The van der Waals surface area contributed by atoms with Crippen molar-refractivity contribution in [2.45, 2.75) is 38.3 Å². The fourth-order valence-electron chi connectivity index (χ4n) is 3.76. The van der Waals surface area contributed by atoms with Gasteiger partial charge in [-0.2, -0.15) is 0 Å². The number of carbonyl (C=O) groups is 2. The largest absolute Gasteiger partial charge is 0.324 e. The molecule has 2 fully saturated rings. The first-order chi connectivity index (χ1) is 10.9. The van der Waals surface area contributed by atoms with Crippen molar-refractivity contribution in [1.29, 1.82) is 0 Å². The van der Waals surface area contributed by atoms with Gasteiger partial charge in [0.25, 0.3) is 5.91 Å². The summed E-state index contributed by atoms with van der Waals surface area (Å²) in [6.45, 7) is 5.86. The lowest BCUT2D eigenvalue weighted by Gasteiger charge is -2.42. The number of carbonyl (C=O) groups excluding carboxylic acids is 2. The molecule has 0 bridgehead atoms. The second kappa shape index (κ2) is 5.92. The number of hydrogen-bond acceptors (Lipinski definition) is 4. The maximum absolute atomic E-state index is 12.5. The van der Waals surface area contributed by atoms with E-state index in [1.54, 1.807) is 7.05 Å². The summed E-state index contributed by atoms with van der Waals surface area (Å²) in [7, 11) is 1.54. The monoisotopic (exact) mass is 316 g/mol. The third-order valence-electron chi connectivity index (χ3n) is 5.43. The Morgan fingerprint density at radius 2 is 2.04 bits per heavy atom. The highest BCUT2D eigenvalue weighted by Crippen LogP contribution is 2.34. The molecule has 0 radical (unpaired) electrons. The number of likely N-dealkylation sites (N-methyl/N-ethyl adjacent to an activating group) is 1. The molecule has 3 heterocycles. The second-order valence-corrected chi connectivity index (χ2v) is 6.79. The third-order valence-corrected chi connectivity index (χ3v) is 5.43. The van der Waals surface area contributed by atoms with Crippen LogP contribution in [0.15, 0.2) is 24.5 Å². The van der Waals surface area contributed by atoms with Gasteiger partial charge in [-0.1, -0.05) is 0 Å². The number of pyridine rings is 1. The average Bonchev–Trinajstić information content (AvgIpc) is 2.79. The smallest absolute Gasteiger partial charge is 0.323 e. The van der Waals surface area contributed by atoms with Crippen LogP contribution in [0, 0.1) is 5.92 Å². The van der Waals surface area contributed by atoms with Crippen LogP contribution in [-0.2, 0) is 4.79 Å². The van der Waals surface area contributed by atoms with E-state index in [9.17, 15) is 9.59 Å². The van der Waals surface area contributed by atoms with E-state index >= 15 is 0 Å². The molecule has 6 heteroatoms. The number of amides is 3. The maximum Gasteiger partial charge on any atom is 0.324 e. The van der Waals surface area contributed by atoms with E-state index in [0.717, 1.165) is 25.9 Å². The van der Waals surface area contributed by atoms with Crippen LogP contribution in [0.2, 0.25) is 0 Å². The lowest BCUT2D eigenvalue weighted by atomic mass is 9.79. The number of urea groups is 1. The Hall–Kier alpha value is -1.95. The van der Waals surface area contributed by atoms with Crippen molar-refractivity contribution >= 4 is 11.9 Å². The summed E-state index contributed by atoms with van der Waals surface area (Å²) in [6.07, 6.45) is 5.60. The van der Waals surface area contributed by atoms with Crippen LogP contribution in [0.3, 0.4) is 0 Å². The quantitative estimate of drug-likeness (QED) is 0.864. The molecule has 0 aromatic carbocycles. The van der Waals surface area contributed by atoms with Crippen LogP contribution in [0.1, 0.15) is 38.3 Å². The van der Waals surface area contributed by atoms with Crippen molar-refractivity contribution in [3.05, 3.63) is 30.1 Å². The summed E-state index contributed by atoms with van der Waals surface area (Å²) in [5.74, 6) is 0.00727. The molecule has 23 heavy (non-hydrogen) atoms. The van der Waals surface area contributed by atoms with Crippen LogP contribution in [0.25, 0.3) is 0 Å². The van der Waals surface area contributed by atoms with Crippen LogP contribution < -0.4 is 5.32 Å². The molecule has 2 aliphatic heterocycles. The number of rotatable bonds is 3. The minimum atomic E-state index is -0.789. The van der Waals surface area contributed by atoms with Gasteiger partial charge in [-0.05, 0) is 50.9 Å². The molecule has 124 valence electrons. The standard InChI is InChI=1S/C17H24N4O2/c1-12(13-6-8-18-9-7-13)21-10-4-5-14(11-21)17(2)15(22)20(3)16(23)19-17/h6-9,12,14H,4-5,10-11H2,1-3H3,(H,19,23). The SMILES string of the molecule is CC(c1ccncc1)N1CCCC(C2(C)NC(=O)N(C)C2=O)C1. The fraction of sp³-hybridized carbons (Fsp3) is 0.588. The lowest BCUT2D eigenvalue weighted by molar-refractivity contribution is -0.132. The van der Waals surface area contributed by atoms with Crippen molar-refractivity contribution in [3.8, 4) is 0 Å². The number of piperidine rings is 1. The first-order valence-electron chi connectivity index (χ1n) is 8.17. The lowest BCUT2D eigenvalue weighted by Crippen LogP contribution is -2.56. The van der Waals surface area contributed by atoms with E-state index in [2.05, 4.69) is 22.1 Å². The summed E-state index contributed by atoms with van der Waals surface area (Å²) in [5.41, 5.74) is 0.437. The molecular formula is C17H24N4O2. The summed E-state index contributed by atoms with van der Waals surface area (Å²) in [5, 5.41) is 2.90. The molecule has 1 N–H and O–H groups in total. The minimum Gasteiger partial charge on any atom is -0.323 e. The molecule has 1 aromatic heterocycles. The summed E-state index contributed by atoms with van der Waals surface area (Å²) in [6, 6.07) is 4.05. The van der Waals surface area contributed by atoms with E-state index in [1.807, 2.05) is 31.5 Å². The number of likely N-dealkylation sites (tertiary alicyclic amines) is 1. The van der Waals surface area contributed by atoms with Crippen molar-refractivity contribution in [3.63, 3.8) is 0 Å². The predicted molar refractivity (Wildman–Crippen MR) is 86.7 cm³/mol. The number of nitrogens with zero attached hydrogens (tertiary/aromatic N) is 3. The molecule has 3 amide bonds. The first-order valence-corrected chi connectivity index (χ1v) is 8.17. The summed E-state index contributed by atoms with van der Waals surface area (Å²) >= 11 is 0. The average molecular weight is 316 g/mol. The Balaban J connectivity index is 1.76. The number of aromatic nitrogens is 1. The molecule has 3 unspecified atom stereocenters. The van der Waals surface area contributed by atoms with Crippen LogP contribution >= 0.6 is 0 Å². The van der Waals surface area contributed by atoms with Crippen molar-refractivity contribution < 1.29 is 9.59 Å². The molecule has 3 atom stereocenters. The highest BCUT2D eigenvalue weighted by molar-refractivity contribution is 6.06. The van der Waals surface area contributed by atoms with Crippen LogP contribution in [-0.4, -0.2) is 52.4 Å². The van der Waals surface area contributed by atoms with Crippen LogP contribution in [0.5, 0.6) is 0 Å². The van der Waals surface area contributed by atoms with E-state index in [1.165, 1.54) is 10.5 Å². The van der Waals surface area contributed by atoms with E-state index in [-0.39, 0.29) is 23.9 Å². The molecule has 0 saturated carbocycles. The zero-order chi connectivity index (χ0) is 16.6. The third kappa shape index (κ3) is 2.72. The summed E-state index contributed by atoms with van der Waals surface area (Å²) < 4.78 is 0. The first kappa shape index (κ1) is 15.9. The van der Waals surface area contributed by atoms with E-state index in [0.29, 0.717) is 0 Å². The predicted octanol–water partition coefficient (Wildman–Crippen LogP) is 1.79. The highest BCUT2D eigenvalue weighted by Gasteiger charge is 2.52. The second-order valence-electron chi connectivity index (χ2n) is 6.79. The number of nitrogens with one attached hydrogen (secondary N) is 1. The molecule has 2 aliphatic rings. The van der Waals surface area contributed by atoms with Crippen molar-refractivity contribution in [2.24, 2.45) is 5.92 Å². The van der Waals surface area contributed by atoms with Crippen LogP contribution in [0.4, 0.5) is 4.79 Å². The highest BCUT2D eigenvalue weighted by atomic mass is 16.2. The van der Waals surface area contributed by atoms with Gasteiger partial charge < -0.3 is 5.32 Å². The molecule has 0 aliphatic carbocycles. The van der Waals surface area contributed by atoms with Gasteiger partial charge in [0.1, 0.15) is 5.54 Å². The molecule has 2 saturated heterocycles. The maximum atomic E-state index is 12.5. The van der Waals surface area contributed by atoms with Gasteiger partial charge in [-0.25, -0.2) is 4.79 Å². The zero-order valence-corrected chi connectivity index (χ0v) is 14.0.